The summed E-state index contributed by atoms with van der Waals surface area (Å²) in [7, 11) is 0. The van der Waals surface area contributed by atoms with Crippen LogP contribution in [0.5, 0.6) is 0 Å². The first-order valence-corrected chi connectivity index (χ1v) is 7.51. The van der Waals surface area contributed by atoms with Crippen molar-refractivity contribution in [1.29, 1.82) is 0 Å². The van der Waals surface area contributed by atoms with E-state index >= 15 is 0 Å². The van der Waals surface area contributed by atoms with Gasteiger partial charge in [0.2, 0.25) is 5.91 Å². The van der Waals surface area contributed by atoms with E-state index in [0.29, 0.717) is 5.92 Å². The van der Waals surface area contributed by atoms with Crippen molar-refractivity contribution in [2.24, 2.45) is 5.92 Å². The van der Waals surface area contributed by atoms with Crippen molar-refractivity contribution in [3.05, 3.63) is 0 Å². The first kappa shape index (κ1) is 12.2. The molecule has 2 fully saturated rings. The van der Waals surface area contributed by atoms with Gasteiger partial charge < -0.3 is 10.6 Å². The van der Waals surface area contributed by atoms with E-state index in [2.05, 4.69) is 10.6 Å². The zero-order valence-corrected chi connectivity index (χ0v) is 10.7. The van der Waals surface area contributed by atoms with Gasteiger partial charge in [0.25, 0.3) is 0 Å². The molecule has 0 aromatic heterocycles. The molecule has 1 unspecified atom stereocenters. The highest BCUT2D eigenvalue weighted by Gasteiger charge is 2.22. The van der Waals surface area contributed by atoms with Crippen LogP contribution in [0.25, 0.3) is 0 Å². The molecular weight excluding hydrogens is 220 g/mol. The second kappa shape index (κ2) is 6.50. The molecule has 0 saturated carbocycles. The third kappa shape index (κ3) is 3.67. The molecule has 1 atom stereocenters. The summed E-state index contributed by atoms with van der Waals surface area (Å²) in [4.78, 5) is 11.9. The molecular formula is C12H22N2OS. The molecule has 1 amide bonds. The van der Waals surface area contributed by atoms with E-state index < -0.39 is 0 Å². The molecule has 2 N–H and O–H groups in total. The zero-order valence-electron chi connectivity index (χ0n) is 9.84. The Morgan fingerprint density at radius 3 is 2.75 bits per heavy atom. The van der Waals surface area contributed by atoms with Gasteiger partial charge in [0.15, 0.2) is 0 Å². The molecule has 2 aliphatic rings. The summed E-state index contributed by atoms with van der Waals surface area (Å²) in [5.41, 5.74) is 0. The summed E-state index contributed by atoms with van der Waals surface area (Å²) >= 11 is 1.83. The fourth-order valence-electron chi connectivity index (χ4n) is 2.39. The highest BCUT2D eigenvalue weighted by molar-refractivity contribution is 8.00. The maximum atomic E-state index is 11.9. The van der Waals surface area contributed by atoms with Gasteiger partial charge in [-0.05, 0) is 50.4 Å². The topological polar surface area (TPSA) is 41.1 Å². The fraction of sp³-hybridized carbons (Fsp3) is 0.917. The molecule has 2 heterocycles. The largest absolute Gasteiger partial charge is 0.355 e. The van der Waals surface area contributed by atoms with E-state index in [1.807, 2.05) is 11.8 Å². The monoisotopic (exact) mass is 242 g/mol. The molecule has 0 aromatic rings. The molecule has 0 aliphatic carbocycles. The minimum Gasteiger partial charge on any atom is -0.355 e. The summed E-state index contributed by atoms with van der Waals surface area (Å²) in [5.74, 6) is 2.13. The van der Waals surface area contributed by atoms with Crippen molar-refractivity contribution >= 4 is 17.7 Å². The van der Waals surface area contributed by atoms with Crippen LogP contribution in [0, 0.1) is 5.92 Å². The molecule has 92 valence electrons. The number of carbonyl (C=O) groups excluding carboxylic acids is 1. The smallest absolute Gasteiger partial charge is 0.233 e. The number of nitrogens with one attached hydrogen (secondary N) is 2. The molecule has 0 aromatic carbocycles. The van der Waals surface area contributed by atoms with Gasteiger partial charge in [0.1, 0.15) is 0 Å². The van der Waals surface area contributed by atoms with E-state index in [1.165, 1.54) is 25.7 Å². The van der Waals surface area contributed by atoms with Gasteiger partial charge in [-0.25, -0.2) is 0 Å². The third-order valence-electron chi connectivity index (χ3n) is 3.50. The van der Waals surface area contributed by atoms with Crippen molar-refractivity contribution in [3.8, 4) is 0 Å². The van der Waals surface area contributed by atoms with Crippen LogP contribution >= 0.6 is 11.8 Å². The van der Waals surface area contributed by atoms with Crippen LogP contribution in [0.4, 0.5) is 0 Å². The summed E-state index contributed by atoms with van der Waals surface area (Å²) in [6, 6.07) is 0. The summed E-state index contributed by atoms with van der Waals surface area (Å²) < 4.78 is 0. The van der Waals surface area contributed by atoms with Crippen LogP contribution in [0.2, 0.25) is 0 Å². The third-order valence-corrected chi connectivity index (χ3v) is 4.87. The summed E-state index contributed by atoms with van der Waals surface area (Å²) in [6.07, 6.45) is 5.99. The normalized spacial score (nSPS) is 27.6. The minimum absolute atomic E-state index is 0.232. The summed E-state index contributed by atoms with van der Waals surface area (Å²) in [5, 5.41) is 6.72. The predicted molar refractivity (Wildman–Crippen MR) is 68.7 cm³/mol. The highest BCUT2D eigenvalue weighted by atomic mass is 32.2. The molecule has 4 heteroatoms. The van der Waals surface area contributed by atoms with Crippen molar-refractivity contribution in [3.63, 3.8) is 0 Å². The van der Waals surface area contributed by atoms with Crippen LogP contribution in [-0.4, -0.2) is 36.5 Å². The lowest BCUT2D eigenvalue weighted by Crippen LogP contribution is -2.40. The first-order valence-electron chi connectivity index (χ1n) is 6.46. The second-order valence-electron chi connectivity index (χ2n) is 4.79. The van der Waals surface area contributed by atoms with Crippen molar-refractivity contribution < 1.29 is 4.79 Å². The van der Waals surface area contributed by atoms with Gasteiger partial charge in [0.05, 0.1) is 5.25 Å². The number of rotatable bonds is 3. The Kier molecular flexibility index (Phi) is 4.97. The molecule has 0 bridgehead atoms. The fourth-order valence-corrected chi connectivity index (χ4v) is 3.62. The second-order valence-corrected chi connectivity index (χ2v) is 6.10. The number of hydrogen-bond acceptors (Lipinski definition) is 3. The number of hydrogen-bond donors (Lipinski definition) is 2. The van der Waals surface area contributed by atoms with E-state index in [4.69, 9.17) is 0 Å². The lowest BCUT2D eigenvalue weighted by molar-refractivity contribution is -0.120. The van der Waals surface area contributed by atoms with Crippen LogP contribution in [-0.2, 0) is 4.79 Å². The molecule has 3 nitrogen and oxygen atoms in total. The standard InChI is InChI=1S/C12H22N2OS/c15-12(11-3-1-2-8-16-11)14-9-10-4-6-13-7-5-10/h10-11,13H,1-9H2,(H,14,15). The van der Waals surface area contributed by atoms with Crippen LogP contribution in [0.15, 0.2) is 0 Å². The zero-order chi connectivity index (χ0) is 11.2. The van der Waals surface area contributed by atoms with Crippen LogP contribution < -0.4 is 10.6 Å². The number of piperidine rings is 1. The highest BCUT2D eigenvalue weighted by Crippen LogP contribution is 2.25. The van der Waals surface area contributed by atoms with E-state index in [1.54, 1.807) is 0 Å². The van der Waals surface area contributed by atoms with Crippen molar-refractivity contribution in [2.45, 2.75) is 37.4 Å². The molecule has 2 saturated heterocycles. The van der Waals surface area contributed by atoms with E-state index in [9.17, 15) is 4.79 Å². The van der Waals surface area contributed by atoms with Gasteiger partial charge in [-0.15, -0.1) is 11.8 Å². The summed E-state index contributed by atoms with van der Waals surface area (Å²) in [6.45, 7) is 3.11. The number of amides is 1. The Morgan fingerprint density at radius 2 is 2.06 bits per heavy atom. The van der Waals surface area contributed by atoms with E-state index in [-0.39, 0.29) is 11.2 Å². The molecule has 0 radical (unpaired) electrons. The van der Waals surface area contributed by atoms with Gasteiger partial charge in [0, 0.05) is 6.54 Å². The van der Waals surface area contributed by atoms with Crippen molar-refractivity contribution in [2.75, 3.05) is 25.4 Å². The Balaban J connectivity index is 1.65. The van der Waals surface area contributed by atoms with E-state index in [0.717, 1.165) is 31.8 Å². The van der Waals surface area contributed by atoms with Gasteiger partial charge in [-0.3, -0.25) is 4.79 Å². The van der Waals surface area contributed by atoms with Gasteiger partial charge >= 0.3 is 0 Å². The first-order chi connectivity index (χ1) is 7.86. The number of thioether (sulfide) groups is 1. The minimum atomic E-state index is 0.232. The Morgan fingerprint density at radius 1 is 1.25 bits per heavy atom. The Labute approximate surface area is 102 Å². The van der Waals surface area contributed by atoms with Crippen LogP contribution in [0.3, 0.4) is 0 Å². The molecule has 2 rings (SSSR count). The maximum Gasteiger partial charge on any atom is 0.233 e. The molecule has 16 heavy (non-hydrogen) atoms. The Bertz CT molecular complexity index is 223. The molecule has 0 spiro atoms. The predicted octanol–water partition coefficient (Wildman–Crippen LogP) is 1.39. The lowest BCUT2D eigenvalue weighted by Gasteiger charge is -2.25. The molecule has 2 aliphatic heterocycles. The van der Waals surface area contributed by atoms with Crippen LogP contribution in [0.1, 0.15) is 32.1 Å². The SMILES string of the molecule is O=C(NCC1CCNCC1)C1CCCCS1. The van der Waals surface area contributed by atoms with Gasteiger partial charge in [-0.2, -0.15) is 0 Å². The Hall–Kier alpha value is -0.220. The quantitative estimate of drug-likeness (QED) is 0.786. The lowest BCUT2D eigenvalue weighted by atomic mass is 9.98. The average molecular weight is 242 g/mol. The average Bonchev–Trinajstić information content (AvgIpc) is 2.38. The van der Waals surface area contributed by atoms with Crippen molar-refractivity contribution in [1.82, 2.24) is 10.6 Å². The number of carbonyl (C=O) groups is 1. The maximum absolute atomic E-state index is 11.9. The van der Waals surface area contributed by atoms with Gasteiger partial charge in [-0.1, -0.05) is 6.42 Å².